The van der Waals surface area contributed by atoms with E-state index in [0.717, 1.165) is 13.1 Å². The second-order valence-electron chi connectivity index (χ2n) is 5.81. The second-order valence-corrected chi connectivity index (χ2v) is 5.81. The highest BCUT2D eigenvalue weighted by molar-refractivity contribution is 5.29. The van der Waals surface area contributed by atoms with Gasteiger partial charge in [-0.3, -0.25) is 21.2 Å². The quantitative estimate of drug-likeness (QED) is 0.619. The molecule has 4 nitrogen and oxygen atoms in total. The van der Waals surface area contributed by atoms with Gasteiger partial charge in [-0.15, -0.1) is 0 Å². The Kier molecular flexibility index (Phi) is 5.13. The van der Waals surface area contributed by atoms with Gasteiger partial charge in [-0.2, -0.15) is 0 Å². The van der Waals surface area contributed by atoms with Gasteiger partial charge in [0.2, 0.25) is 0 Å². The third-order valence-electron chi connectivity index (χ3n) is 4.96. The third-order valence-corrected chi connectivity index (χ3v) is 4.96. The van der Waals surface area contributed by atoms with Crippen LogP contribution in [0.3, 0.4) is 0 Å². The maximum atomic E-state index is 5.98. The molecule has 1 saturated carbocycles. The molecule has 1 aliphatic carbocycles. The van der Waals surface area contributed by atoms with Gasteiger partial charge in [0.25, 0.3) is 0 Å². The van der Waals surface area contributed by atoms with E-state index < -0.39 is 0 Å². The number of pyridine rings is 1. The number of likely N-dealkylation sites (N-methyl/N-ethyl adjacent to an activating group) is 1. The van der Waals surface area contributed by atoms with E-state index in [1.54, 1.807) is 0 Å². The van der Waals surface area contributed by atoms with Crippen LogP contribution in [0.4, 0.5) is 0 Å². The summed E-state index contributed by atoms with van der Waals surface area (Å²) in [6, 6.07) is 2.23. The molecule has 20 heavy (non-hydrogen) atoms. The molecule has 1 unspecified atom stereocenters. The molecular weight excluding hydrogens is 248 g/mol. The highest BCUT2D eigenvalue weighted by Crippen LogP contribution is 2.44. The van der Waals surface area contributed by atoms with Crippen molar-refractivity contribution in [3.63, 3.8) is 0 Å². The summed E-state index contributed by atoms with van der Waals surface area (Å²) in [6.45, 7) is 8.76. The van der Waals surface area contributed by atoms with Crippen LogP contribution in [0.1, 0.15) is 56.7 Å². The zero-order valence-corrected chi connectivity index (χ0v) is 13.0. The molecule has 0 aliphatic heterocycles. The average Bonchev–Trinajstić information content (AvgIpc) is 2.93. The summed E-state index contributed by atoms with van der Waals surface area (Å²) in [5.41, 5.74) is 5.75. The van der Waals surface area contributed by atoms with Gasteiger partial charge in [-0.25, -0.2) is 0 Å². The molecule has 4 heteroatoms. The molecule has 1 aromatic rings. The number of nitrogens with one attached hydrogen (secondary N) is 1. The first-order valence-electron chi connectivity index (χ1n) is 7.81. The predicted octanol–water partition coefficient (Wildman–Crippen LogP) is 2.55. The van der Waals surface area contributed by atoms with Gasteiger partial charge in [-0.1, -0.05) is 26.7 Å². The van der Waals surface area contributed by atoms with Gasteiger partial charge >= 0.3 is 0 Å². The smallest absolute Gasteiger partial charge is 0.0661 e. The molecule has 0 spiro atoms. The number of aromatic nitrogens is 1. The molecule has 2 rings (SSSR count). The van der Waals surface area contributed by atoms with Gasteiger partial charge < -0.3 is 0 Å². The van der Waals surface area contributed by atoms with Gasteiger partial charge in [0.05, 0.1) is 6.04 Å². The van der Waals surface area contributed by atoms with Crippen molar-refractivity contribution in [2.24, 2.45) is 5.84 Å². The van der Waals surface area contributed by atoms with Crippen molar-refractivity contribution in [1.29, 1.82) is 0 Å². The van der Waals surface area contributed by atoms with Crippen molar-refractivity contribution >= 4 is 0 Å². The van der Waals surface area contributed by atoms with E-state index in [1.165, 1.54) is 36.8 Å². The third kappa shape index (κ3) is 2.60. The topological polar surface area (TPSA) is 54.2 Å². The van der Waals surface area contributed by atoms with Crippen LogP contribution in [0.15, 0.2) is 18.5 Å². The molecule has 1 aromatic heterocycles. The highest BCUT2D eigenvalue weighted by atomic mass is 15.3. The lowest BCUT2D eigenvalue weighted by Gasteiger charge is -2.46. The molecule has 1 aliphatic rings. The molecule has 0 saturated heterocycles. The molecule has 0 aromatic carbocycles. The zero-order valence-electron chi connectivity index (χ0n) is 13.0. The number of aryl methyl sites for hydroxylation is 1. The number of nitrogens with zero attached hydrogens (tertiary/aromatic N) is 2. The number of hydrogen-bond donors (Lipinski definition) is 2. The molecule has 112 valence electrons. The number of nitrogens with two attached hydrogens (primary N) is 1. The van der Waals surface area contributed by atoms with Crippen LogP contribution < -0.4 is 11.3 Å². The minimum Gasteiger partial charge on any atom is -0.296 e. The Morgan fingerprint density at radius 3 is 2.50 bits per heavy atom. The predicted molar refractivity (Wildman–Crippen MR) is 83.2 cm³/mol. The standard InChI is InChI=1S/C16H28N4/c1-4-20(5-2)16(9-6-7-10-16)15(19-17)14-12-18-11-8-13(14)3/h8,11-12,15,19H,4-7,9-10,17H2,1-3H3. The van der Waals surface area contributed by atoms with Crippen LogP contribution >= 0.6 is 0 Å². The van der Waals surface area contributed by atoms with Crippen LogP contribution in [0, 0.1) is 6.92 Å². The fourth-order valence-corrected chi connectivity index (χ4v) is 3.94. The minimum absolute atomic E-state index is 0.131. The number of rotatable bonds is 6. The van der Waals surface area contributed by atoms with E-state index in [4.69, 9.17) is 5.84 Å². The molecule has 0 radical (unpaired) electrons. The minimum atomic E-state index is 0.131. The van der Waals surface area contributed by atoms with Crippen molar-refractivity contribution in [2.45, 2.75) is 58.0 Å². The fraction of sp³-hybridized carbons (Fsp3) is 0.688. The van der Waals surface area contributed by atoms with E-state index in [-0.39, 0.29) is 11.6 Å². The van der Waals surface area contributed by atoms with E-state index in [0.29, 0.717) is 0 Å². The van der Waals surface area contributed by atoms with Crippen molar-refractivity contribution in [2.75, 3.05) is 13.1 Å². The van der Waals surface area contributed by atoms with Gasteiger partial charge in [-0.05, 0) is 50.0 Å². The van der Waals surface area contributed by atoms with Crippen molar-refractivity contribution in [1.82, 2.24) is 15.3 Å². The monoisotopic (exact) mass is 276 g/mol. The summed E-state index contributed by atoms with van der Waals surface area (Å²) in [7, 11) is 0. The normalized spacial score (nSPS) is 19.4. The maximum Gasteiger partial charge on any atom is 0.0661 e. The van der Waals surface area contributed by atoms with E-state index in [9.17, 15) is 0 Å². The first-order chi connectivity index (χ1) is 9.69. The Morgan fingerprint density at radius 1 is 1.35 bits per heavy atom. The molecule has 1 heterocycles. The van der Waals surface area contributed by atoms with Crippen LogP contribution in [0.25, 0.3) is 0 Å². The van der Waals surface area contributed by atoms with Crippen molar-refractivity contribution in [3.05, 3.63) is 29.6 Å². The van der Waals surface area contributed by atoms with E-state index >= 15 is 0 Å². The van der Waals surface area contributed by atoms with E-state index in [1.807, 2.05) is 12.4 Å². The maximum absolute atomic E-state index is 5.98. The molecule has 1 atom stereocenters. The largest absolute Gasteiger partial charge is 0.296 e. The van der Waals surface area contributed by atoms with Crippen LogP contribution in [-0.2, 0) is 0 Å². The number of hydrogen-bond acceptors (Lipinski definition) is 4. The van der Waals surface area contributed by atoms with Crippen LogP contribution in [0.2, 0.25) is 0 Å². The summed E-state index contributed by atoms with van der Waals surface area (Å²) in [5, 5.41) is 0. The molecule has 0 bridgehead atoms. The van der Waals surface area contributed by atoms with Gasteiger partial charge in [0, 0.05) is 17.9 Å². The molecule has 0 amide bonds. The first kappa shape index (κ1) is 15.4. The Morgan fingerprint density at radius 2 is 2.00 bits per heavy atom. The average molecular weight is 276 g/mol. The highest BCUT2D eigenvalue weighted by Gasteiger charge is 2.45. The molecular formula is C16H28N4. The van der Waals surface area contributed by atoms with Gasteiger partial charge in [0.15, 0.2) is 0 Å². The lowest BCUT2D eigenvalue weighted by molar-refractivity contribution is 0.0622. The van der Waals surface area contributed by atoms with Gasteiger partial charge in [0.1, 0.15) is 0 Å². The van der Waals surface area contributed by atoms with Crippen molar-refractivity contribution in [3.8, 4) is 0 Å². The lowest BCUT2D eigenvalue weighted by Crippen LogP contribution is -2.56. The summed E-state index contributed by atoms with van der Waals surface area (Å²) < 4.78 is 0. The SMILES string of the molecule is CCN(CC)C1(C(NN)c2cnccc2C)CCCC1. The number of hydrazine groups is 1. The Balaban J connectivity index is 2.43. The van der Waals surface area contributed by atoms with Crippen LogP contribution in [-0.4, -0.2) is 28.5 Å². The zero-order chi connectivity index (χ0) is 14.6. The summed E-state index contributed by atoms with van der Waals surface area (Å²) >= 11 is 0. The summed E-state index contributed by atoms with van der Waals surface area (Å²) in [4.78, 5) is 6.89. The van der Waals surface area contributed by atoms with Crippen molar-refractivity contribution < 1.29 is 0 Å². The molecule has 1 fully saturated rings. The first-order valence-corrected chi connectivity index (χ1v) is 7.81. The fourth-order valence-electron chi connectivity index (χ4n) is 3.94. The second kappa shape index (κ2) is 6.66. The van der Waals surface area contributed by atoms with E-state index in [2.05, 4.69) is 42.1 Å². The van der Waals surface area contributed by atoms with Crippen LogP contribution in [0.5, 0.6) is 0 Å². The Hall–Kier alpha value is -0.970. The molecule has 3 N–H and O–H groups in total. The summed E-state index contributed by atoms with van der Waals surface area (Å²) in [5.74, 6) is 5.98. The lowest BCUT2D eigenvalue weighted by atomic mass is 9.81. The Bertz CT molecular complexity index is 422. The summed E-state index contributed by atoms with van der Waals surface area (Å²) in [6.07, 6.45) is 8.81. The Labute approximate surface area is 122 Å².